The van der Waals surface area contributed by atoms with Crippen molar-refractivity contribution in [2.45, 2.75) is 59.0 Å². The summed E-state index contributed by atoms with van der Waals surface area (Å²) in [5, 5.41) is 3.79. The lowest BCUT2D eigenvalue weighted by Crippen LogP contribution is -2.59. The highest BCUT2D eigenvalue weighted by Gasteiger charge is 2.37. The molecule has 0 aromatic carbocycles. The molecule has 0 aromatic heterocycles. The molecule has 1 heterocycles. The van der Waals surface area contributed by atoms with Crippen LogP contribution in [0.1, 0.15) is 47.0 Å². The molecule has 0 bridgehead atoms. The van der Waals surface area contributed by atoms with Crippen LogP contribution >= 0.6 is 0 Å². The Labute approximate surface area is 107 Å². The molecule has 100 valence electrons. The van der Waals surface area contributed by atoms with Crippen LogP contribution in [-0.4, -0.2) is 36.6 Å². The van der Waals surface area contributed by atoms with Gasteiger partial charge >= 0.3 is 0 Å². The smallest absolute Gasteiger partial charge is 0.0244 e. The summed E-state index contributed by atoms with van der Waals surface area (Å²) in [6, 6.07) is 1.54. The Balaban J connectivity index is 1.88. The molecule has 1 saturated heterocycles. The largest absolute Gasteiger partial charge is 0.311 e. The highest BCUT2D eigenvalue weighted by Crippen LogP contribution is 2.34. The van der Waals surface area contributed by atoms with Crippen LogP contribution in [0.3, 0.4) is 0 Å². The maximum atomic E-state index is 3.79. The predicted molar refractivity (Wildman–Crippen MR) is 74.2 cm³/mol. The van der Waals surface area contributed by atoms with E-state index in [1.807, 2.05) is 0 Å². The van der Waals surface area contributed by atoms with Gasteiger partial charge in [-0.1, -0.05) is 27.7 Å². The Morgan fingerprint density at radius 1 is 1.18 bits per heavy atom. The molecule has 2 aliphatic rings. The van der Waals surface area contributed by atoms with Crippen LogP contribution in [0, 0.1) is 17.8 Å². The summed E-state index contributed by atoms with van der Waals surface area (Å²) in [6.07, 6.45) is 4.27. The van der Waals surface area contributed by atoms with E-state index in [0.29, 0.717) is 0 Å². The first-order chi connectivity index (χ1) is 8.08. The van der Waals surface area contributed by atoms with Gasteiger partial charge in [0, 0.05) is 25.2 Å². The molecule has 0 amide bonds. The first kappa shape index (κ1) is 13.4. The van der Waals surface area contributed by atoms with Crippen molar-refractivity contribution in [3.63, 3.8) is 0 Å². The molecule has 1 saturated carbocycles. The summed E-state index contributed by atoms with van der Waals surface area (Å²) in [4.78, 5) is 2.77. The van der Waals surface area contributed by atoms with Gasteiger partial charge in [-0.3, -0.25) is 4.90 Å². The maximum absolute atomic E-state index is 3.79. The minimum absolute atomic E-state index is 0.753. The monoisotopic (exact) mass is 238 g/mol. The van der Waals surface area contributed by atoms with Gasteiger partial charge in [0.1, 0.15) is 0 Å². The Morgan fingerprint density at radius 3 is 2.41 bits per heavy atom. The van der Waals surface area contributed by atoms with E-state index in [9.17, 15) is 0 Å². The second-order valence-corrected chi connectivity index (χ2v) is 6.84. The summed E-state index contributed by atoms with van der Waals surface area (Å²) < 4.78 is 0. The number of nitrogens with one attached hydrogen (secondary N) is 1. The lowest BCUT2D eigenvalue weighted by Gasteiger charge is -2.43. The molecular weight excluding hydrogens is 208 g/mol. The van der Waals surface area contributed by atoms with Crippen LogP contribution in [0.5, 0.6) is 0 Å². The van der Waals surface area contributed by atoms with Crippen LogP contribution in [0.25, 0.3) is 0 Å². The van der Waals surface area contributed by atoms with Gasteiger partial charge in [-0.05, 0) is 43.6 Å². The van der Waals surface area contributed by atoms with Gasteiger partial charge in [-0.2, -0.15) is 0 Å². The molecule has 2 nitrogen and oxygen atoms in total. The van der Waals surface area contributed by atoms with Gasteiger partial charge in [0.15, 0.2) is 0 Å². The Hall–Kier alpha value is -0.0800. The van der Waals surface area contributed by atoms with Crippen LogP contribution in [-0.2, 0) is 0 Å². The predicted octanol–water partition coefficient (Wildman–Crippen LogP) is 2.74. The maximum Gasteiger partial charge on any atom is 0.0244 e. The normalized spacial score (nSPS) is 31.4. The molecule has 0 radical (unpaired) electrons. The summed E-state index contributed by atoms with van der Waals surface area (Å²) in [7, 11) is 0. The van der Waals surface area contributed by atoms with Crippen molar-refractivity contribution in [1.29, 1.82) is 0 Å². The average Bonchev–Trinajstić information content (AvgIpc) is 3.09. The summed E-state index contributed by atoms with van der Waals surface area (Å²) in [5.41, 5.74) is 0. The van der Waals surface area contributed by atoms with E-state index < -0.39 is 0 Å². The molecule has 2 atom stereocenters. The lowest BCUT2D eigenvalue weighted by atomic mass is 9.96. The standard InChI is InChI=1S/C15H30N2/c1-11(2)7-8-17-10-14(13-5-6-13)16-9-15(17)12(3)4/h11-16H,5-10H2,1-4H3. The van der Waals surface area contributed by atoms with Crippen molar-refractivity contribution >= 4 is 0 Å². The van der Waals surface area contributed by atoms with Gasteiger partial charge in [-0.25, -0.2) is 0 Å². The van der Waals surface area contributed by atoms with E-state index in [4.69, 9.17) is 0 Å². The van der Waals surface area contributed by atoms with E-state index in [2.05, 4.69) is 37.9 Å². The Kier molecular flexibility index (Phi) is 4.48. The topological polar surface area (TPSA) is 15.3 Å². The van der Waals surface area contributed by atoms with Gasteiger partial charge in [0.25, 0.3) is 0 Å². The van der Waals surface area contributed by atoms with E-state index in [1.165, 1.54) is 38.9 Å². The molecule has 1 N–H and O–H groups in total. The third kappa shape index (κ3) is 3.69. The zero-order valence-corrected chi connectivity index (χ0v) is 12.1. The average molecular weight is 238 g/mol. The zero-order valence-electron chi connectivity index (χ0n) is 12.1. The quantitative estimate of drug-likeness (QED) is 0.792. The molecule has 0 aromatic rings. The zero-order chi connectivity index (χ0) is 12.4. The molecule has 17 heavy (non-hydrogen) atoms. The minimum Gasteiger partial charge on any atom is -0.311 e. The van der Waals surface area contributed by atoms with Crippen molar-refractivity contribution in [2.75, 3.05) is 19.6 Å². The molecule has 1 aliphatic carbocycles. The van der Waals surface area contributed by atoms with Crippen LogP contribution in [0.4, 0.5) is 0 Å². The van der Waals surface area contributed by atoms with Gasteiger partial charge in [0.05, 0.1) is 0 Å². The molecule has 2 rings (SSSR count). The van der Waals surface area contributed by atoms with Crippen molar-refractivity contribution in [1.82, 2.24) is 10.2 Å². The number of rotatable bonds is 5. The number of hydrogen-bond donors (Lipinski definition) is 1. The van der Waals surface area contributed by atoms with Crippen LogP contribution in [0.15, 0.2) is 0 Å². The third-order valence-corrected chi connectivity index (χ3v) is 4.44. The summed E-state index contributed by atoms with van der Waals surface area (Å²) >= 11 is 0. The summed E-state index contributed by atoms with van der Waals surface area (Å²) in [5.74, 6) is 2.59. The van der Waals surface area contributed by atoms with Crippen molar-refractivity contribution in [2.24, 2.45) is 17.8 Å². The Bertz CT molecular complexity index is 233. The highest BCUT2D eigenvalue weighted by molar-refractivity contribution is 4.95. The van der Waals surface area contributed by atoms with Crippen molar-refractivity contribution in [3.05, 3.63) is 0 Å². The molecule has 2 unspecified atom stereocenters. The van der Waals surface area contributed by atoms with Crippen LogP contribution in [0.2, 0.25) is 0 Å². The van der Waals surface area contributed by atoms with E-state index >= 15 is 0 Å². The first-order valence-corrected chi connectivity index (χ1v) is 7.55. The lowest BCUT2D eigenvalue weighted by molar-refractivity contribution is 0.0876. The molecule has 0 spiro atoms. The van der Waals surface area contributed by atoms with Crippen LogP contribution < -0.4 is 5.32 Å². The van der Waals surface area contributed by atoms with Crippen molar-refractivity contribution in [3.8, 4) is 0 Å². The SMILES string of the molecule is CC(C)CCN1CC(C2CC2)NCC1C(C)C. The molecular formula is C15H30N2. The first-order valence-electron chi connectivity index (χ1n) is 7.55. The minimum atomic E-state index is 0.753. The fourth-order valence-corrected chi connectivity index (χ4v) is 3.01. The van der Waals surface area contributed by atoms with E-state index in [-0.39, 0.29) is 0 Å². The van der Waals surface area contributed by atoms with E-state index in [0.717, 1.165) is 29.8 Å². The number of nitrogens with zero attached hydrogens (tertiary/aromatic N) is 1. The molecule has 2 heteroatoms. The third-order valence-electron chi connectivity index (χ3n) is 4.44. The number of hydrogen-bond acceptors (Lipinski definition) is 2. The second kappa shape index (κ2) is 5.71. The van der Waals surface area contributed by atoms with Crippen molar-refractivity contribution < 1.29 is 0 Å². The number of piperazine rings is 1. The fourth-order valence-electron chi connectivity index (χ4n) is 3.01. The molecule has 1 aliphatic heterocycles. The highest BCUT2D eigenvalue weighted by atomic mass is 15.2. The second-order valence-electron chi connectivity index (χ2n) is 6.84. The van der Waals surface area contributed by atoms with E-state index in [1.54, 1.807) is 0 Å². The Morgan fingerprint density at radius 2 is 1.88 bits per heavy atom. The van der Waals surface area contributed by atoms with Gasteiger partial charge in [0.2, 0.25) is 0 Å². The summed E-state index contributed by atoms with van der Waals surface area (Å²) in [6.45, 7) is 13.2. The van der Waals surface area contributed by atoms with Gasteiger partial charge < -0.3 is 5.32 Å². The van der Waals surface area contributed by atoms with Gasteiger partial charge in [-0.15, -0.1) is 0 Å². The fraction of sp³-hybridized carbons (Fsp3) is 1.00. The molecule has 2 fully saturated rings.